The molecule has 3 rings (SSSR count). The largest absolute Gasteiger partial charge is 0.385 e. The standard InChI is InChI=1S/C22H30BrFN4O3/c23-18-12-17(6-7-19(18)24)27-21(26-14-29)20(30)16-8-10-28(11-9-16)22(31)25-13-15-4-2-1-3-5-15/h6-7,12,14-16,20,30H,1-5,8-11,13H2,(H,25,31)(H,26,27,29). The first-order valence-corrected chi connectivity index (χ1v) is 11.7. The average molecular weight is 497 g/mol. The fourth-order valence-electron chi connectivity index (χ4n) is 4.31. The molecule has 1 atom stereocenters. The summed E-state index contributed by atoms with van der Waals surface area (Å²) >= 11 is 3.11. The van der Waals surface area contributed by atoms with Crippen LogP contribution in [0.3, 0.4) is 0 Å². The van der Waals surface area contributed by atoms with Gasteiger partial charge in [0.1, 0.15) is 17.8 Å². The van der Waals surface area contributed by atoms with Crippen molar-refractivity contribution in [1.82, 2.24) is 15.5 Å². The number of nitrogens with zero attached hydrogens (tertiary/aromatic N) is 2. The van der Waals surface area contributed by atoms with E-state index in [1.807, 2.05) is 0 Å². The lowest BCUT2D eigenvalue weighted by Crippen LogP contribution is -2.49. The molecular formula is C22H30BrFN4O3. The van der Waals surface area contributed by atoms with Gasteiger partial charge in [0.05, 0.1) is 10.2 Å². The van der Waals surface area contributed by atoms with Gasteiger partial charge >= 0.3 is 6.03 Å². The number of piperidine rings is 1. The van der Waals surface area contributed by atoms with Gasteiger partial charge in [0.25, 0.3) is 0 Å². The molecule has 170 valence electrons. The molecule has 1 aromatic rings. The summed E-state index contributed by atoms with van der Waals surface area (Å²) in [5.74, 6) is 0.140. The van der Waals surface area contributed by atoms with Gasteiger partial charge in [0.15, 0.2) is 0 Å². The summed E-state index contributed by atoms with van der Waals surface area (Å²) in [5.41, 5.74) is 0.413. The van der Waals surface area contributed by atoms with Crippen LogP contribution in [0.1, 0.15) is 44.9 Å². The molecule has 1 heterocycles. The van der Waals surface area contributed by atoms with Crippen LogP contribution in [0, 0.1) is 17.7 Å². The number of nitrogens with one attached hydrogen (secondary N) is 2. The Morgan fingerprint density at radius 1 is 1.26 bits per heavy atom. The van der Waals surface area contributed by atoms with Crippen molar-refractivity contribution in [1.29, 1.82) is 0 Å². The predicted molar refractivity (Wildman–Crippen MR) is 121 cm³/mol. The first-order valence-electron chi connectivity index (χ1n) is 10.9. The number of benzene rings is 1. The number of rotatable bonds is 6. The maximum Gasteiger partial charge on any atom is 0.317 e. The minimum Gasteiger partial charge on any atom is -0.385 e. The molecule has 0 bridgehead atoms. The molecule has 2 aliphatic rings. The highest BCUT2D eigenvalue weighted by molar-refractivity contribution is 9.10. The van der Waals surface area contributed by atoms with Crippen molar-refractivity contribution in [3.63, 3.8) is 0 Å². The number of carbonyl (C=O) groups excluding carboxylic acids is 2. The predicted octanol–water partition coefficient (Wildman–Crippen LogP) is 3.73. The molecule has 1 saturated heterocycles. The first-order chi connectivity index (χ1) is 15.0. The summed E-state index contributed by atoms with van der Waals surface area (Å²) in [7, 11) is 0. The zero-order valence-electron chi connectivity index (χ0n) is 17.5. The van der Waals surface area contributed by atoms with Gasteiger partial charge in [-0.05, 0) is 71.6 Å². The number of amidine groups is 1. The number of hydrogen-bond donors (Lipinski definition) is 3. The molecule has 2 fully saturated rings. The Kier molecular flexibility index (Phi) is 8.83. The molecule has 0 radical (unpaired) electrons. The Morgan fingerprint density at radius 3 is 2.61 bits per heavy atom. The third kappa shape index (κ3) is 6.74. The van der Waals surface area contributed by atoms with Gasteiger partial charge < -0.3 is 20.6 Å². The number of likely N-dealkylation sites (tertiary alicyclic amines) is 1. The molecule has 1 aliphatic carbocycles. The van der Waals surface area contributed by atoms with Crippen LogP contribution in [0.5, 0.6) is 0 Å². The van der Waals surface area contributed by atoms with Crippen molar-refractivity contribution in [2.24, 2.45) is 16.8 Å². The molecule has 1 unspecified atom stereocenters. The molecule has 9 heteroatoms. The van der Waals surface area contributed by atoms with E-state index in [1.54, 1.807) is 4.90 Å². The minimum atomic E-state index is -0.985. The number of hydrogen-bond acceptors (Lipinski definition) is 4. The van der Waals surface area contributed by atoms with E-state index in [1.165, 1.54) is 50.3 Å². The third-order valence-electron chi connectivity index (χ3n) is 6.18. The zero-order chi connectivity index (χ0) is 22.2. The lowest BCUT2D eigenvalue weighted by molar-refractivity contribution is -0.108. The van der Waals surface area contributed by atoms with Crippen molar-refractivity contribution >= 4 is 39.9 Å². The smallest absolute Gasteiger partial charge is 0.317 e. The van der Waals surface area contributed by atoms with Crippen LogP contribution in [0.2, 0.25) is 0 Å². The second-order valence-corrected chi connectivity index (χ2v) is 9.17. The van der Waals surface area contributed by atoms with Crippen molar-refractivity contribution in [2.75, 3.05) is 19.6 Å². The van der Waals surface area contributed by atoms with E-state index < -0.39 is 11.9 Å². The molecular weight excluding hydrogens is 467 g/mol. The van der Waals surface area contributed by atoms with Gasteiger partial charge in [-0.15, -0.1) is 0 Å². The highest BCUT2D eigenvalue weighted by atomic mass is 79.9. The summed E-state index contributed by atoms with van der Waals surface area (Å²) in [6.45, 7) is 1.80. The minimum absolute atomic E-state index is 0.0467. The second kappa shape index (κ2) is 11.6. The number of halogens is 2. The average Bonchev–Trinajstić information content (AvgIpc) is 2.80. The van der Waals surface area contributed by atoms with Crippen LogP contribution < -0.4 is 10.6 Å². The summed E-state index contributed by atoms with van der Waals surface area (Å²) in [6, 6.07) is 4.17. The van der Waals surface area contributed by atoms with Crippen LogP contribution >= 0.6 is 15.9 Å². The molecule has 1 aliphatic heterocycles. The SMILES string of the molecule is O=CNC(=Nc1ccc(F)c(Br)c1)C(O)C1CCN(C(=O)NCC2CCCCC2)CC1. The molecule has 0 spiro atoms. The van der Waals surface area contributed by atoms with Gasteiger partial charge in [0, 0.05) is 19.6 Å². The summed E-state index contributed by atoms with van der Waals surface area (Å²) < 4.78 is 13.7. The lowest BCUT2D eigenvalue weighted by atomic mass is 9.89. The van der Waals surface area contributed by atoms with Crippen molar-refractivity contribution in [3.8, 4) is 0 Å². The Labute approximate surface area is 190 Å². The summed E-state index contributed by atoms with van der Waals surface area (Å²) in [4.78, 5) is 29.6. The number of carbonyl (C=O) groups is 2. The molecule has 1 saturated carbocycles. The maximum atomic E-state index is 13.4. The second-order valence-electron chi connectivity index (χ2n) is 8.32. The molecule has 31 heavy (non-hydrogen) atoms. The Hall–Kier alpha value is -2.00. The van der Waals surface area contributed by atoms with E-state index >= 15 is 0 Å². The van der Waals surface area contributed by atoms with Gasteiger partial charge in [0.2, 0.25) is 6.41 Å². The van der Waals surface area contributed by atoms with Crippen LogP contribution in [-0.4, -0.2) is 54.0 Å². The van der Waals surface area contributed by atoms with Crippen molar-refractivity contribution in [2.45, 2.75) is 51.0 Å². The third-order valence-corrected chi connectivity index (χ3v) is 6.79. The highest BCUT2D eigenvalue weighted by Gasteiger charge is 2.30. The van der Waals surface area contributed by atoms with E-state index in [-0.39, 0.29) is 22.3 Å². The summed E-state index contributed by atoms with van der Waals surface area (Å²) in [5, 5.41) is 16.3. The first kappa shape index (κ1) is 23.7. The van der Waals surface area contributed by atoms with E-state index in [2.05, 4.69) is 31.6 Å². The number of aliphatic hydroxyl groups is 1. The molecule has 0 aromatic heterocycles. The molecule has 1 aromatic carbocycles. The van der Waals surface area contributed by atoms with Gasteiger partial charge in [-0.1, -0.05) is 19.3 Å². The van der Waals surface area contributed by atoms with E-state index in [4.69, 9.17) is 0 Å². The Balaban J connectivity index is 1.53. The fraction of sp³-hybridized carbons (Fsp3) is 0.591. The molecule has 7 nitrogen and oxygen atoms in total. The number of aliphatic imine (C=N–C) groups is 1. The topological polar surface area (TPSA) is 94.0 Å². The maximum absolute atomic E-state index is 13.4. The zero-order valence-corrected chi connectivity index (χ0v) is 19.1. The lowest BCUT2D eigenvalue weighted by Gasteiger charge is -2.34. The highest BCUT2D eigenvalue weighted by Crippen LogP contribution is 2.26. The van der Waals surface area contributed by atoms with E-state index in [0.717, 1.165) is 6.54 Å². The fourth-order valence-corrected chi connectivity index (χ4v) is 4.68. The monoisotopic (exact) mass is 496 g/mol. The molecule has 3 amide bonds. The van der Waals surface area contributed by atoms with E-state index in [9.17, 15) is 19.1 Å². The molecule has 3 N–H and O–H groups in total. The van der Waals surface area contributed by atoms with Crippen LogP contribution in [0.4, 0.5) is 14.9 Å². The number of amides is 3. The Bertz CT molecular complexity index is 793. The quantitative estimate of drug-likeness (QED) is 0.318. The van der Waals surface area contributed by atoms with Crippen LogP contribution in [-0.2, 0) is 4.79 Å². The van der Waals surface area contributed by atoms with Gasteiger partial charge in [-0.3, -0.25) is 4.79 Å². The van der Waals surface area contributed by atoms with Crippen LogP contribution in [0.15, 0.2) is 27.7 Å². The van der Waals surface area contributed by atoms with Gasteiger partial charge in [-0.25, -0.2) is 14.2 Å². The Morgan fingerprint density at radius 2 is 1.97 bits per heavy atom. The summed E-state index contributed by atoms with van der Waals surface area (Å²) in [6.07, 6.45) is 6.85. The number of urea groups is 1. The number of aliphatic hydroxyl groups excluding tert-OH is 1. The van der Waals surface area contributed by atoms with E-state index in [0.29, 0.717) is 43.9 Å². The normalized spacial score (nSPS) is 19.7. The van der Waals surface area contributed by atoms with Crippen molar-refractivity contribution in [3.05, 3.63) is 28.5 Å². The van der Waals surface area contributed by atoms with Crippen LogP contribution in [0.25, 0.3) is 0 Å². The van der Waals surface area contributed by atoms with Gasteiger partial charge in [-0.2, -0.15) is 0 Å². The van der Waals surface area contributed by atoms with Crippen molar-refractivity contribution < 1.29 is 19.1 Å².